The second-order valence-electron chi connectivity index (χ2n) is 21.5. The van der Waals surface area contributed by atoms with Crippen molar-refractivity contribution in [2.75, 3.05) is 39.3 Å². The van der Waals surface area contributed by atoms with Crippen molar-refractivity contribution in [3.05, 3.63) is 35.9 Å². The van der Waals surface area contributed by atoms with E-state index in [9.17, 15) is 63.0 Å². The molecule has 29 heteroatoms. The van der Waals surface area contributed by atoms with Crippen LogP contribution >= 0.6 is 0 Å². The minimum absolute atomic E-state index is 0.0143. The van der Waals surface area contributed by atoms with Gasteiger partial charge in [0.25, 0.3) is 0 Å². The third-order valence-electron chi connectivity index (χ3n) is 13.7. The molecule has 1 aromatic carbocycles. The number of nitrogens with one attached hydrogen (secondary N) is 11. The molecule has 0 unspecified atom stereocenters. The Labute approximate surface area is 491 Å². The SMILES string of the molecule is CCCCCCCC(=O)N[C@@H](CCN)C(=O)N[C@H](C(=O)N[C@@H](CCN)C(=O)N[C@H]1CCNC(=O)[C@H]([C@@H](C)O)NC(=O)[C@H](CCN)NC(=O)[C@H](CCN)NC(=O)[C@H](CC(C)C)NC(=O)[C@@H](Cc2ccccc2)NC(=O)[C@H](CCN)NC1=O)[C@@H](C)O. The van der Waals surface area contributed by atoms with Crippen LogP contribution in [0.2, 0.25) is 0 Å². The van der Waals surface area contributed by atoms with E-state index in [2.05, 4.69) is 65.4 Å². The summed E-state index contributed by atoms with van der Waals surface area (Å²) < 4.78 is 0. The molecule has 1 saturated heterocycles. The van der Waals surface area contributed by atoms with E-state index in [1.165, 1.54) is 13.8 Å². The predicted octanol–water partition coefficient (Wildman–Crippen LogP) is -5.49. The van der Waals surface area contributed by atoms with Gasteiger partial charge >= 0.3 is 0 Å². The first-order valence-electron chi connectivity index (χ1n) is 29.2. The molecule has 29 nitrogen and oxygen atoms in total. The molecule has 1 aromatic rings. The Hall–Kier alpha value is -6.89. The van der Waals surface area contributed by atoms with E-state index in [-0.39, 0.29) is 90.0 Å². The fourth-order valence-electron chi connectivity index (χ4n) is 9.03. The zero-order chi connectivity index (χ0) is 62.9. The smallest absolute Gasteiger partial charge is 0.245 e. The first-order chi connectivity index (χ1) is 39.9. The van der Waals surface area contributed by atoms with Crippen LogP contribution in [-0.4, -0.2) is 187 Å². The van der Waals surface area contributed by atoms with Gasteiger partial charge in [0, 0.05) is 19.4 Å². The molecule has 84 heavy (non-hydrogen) atoms. The van der Waals surface area contributed by atoms with Gasteiger partial charge < -0.3 is 97.4 Å². The molecule has 12 atom stereocenters. The van der Waals surface area contributed by atoms with Crippen molar-refractivity contribution >= 4 is 65.0 Å². The van der Waals surface area contributed by atoms with E-state index in [1.807, 2.05) is 0 Å². The van der Waals surface area contributed by atoms with Crippen LogP contribution in [0.25, 0.3) is 0 Å². The Kier molecular flexibility index (Phi) is 34.5. The monoisotopic (exact) mass is 1190 g/mol. The first-order valence-corrected chi connectivity index (χ1v) is 29.2. The summed E-state index contributed by atoms with van der Waals surface area (Å²) in [4.78, 5) is 154. The van der Waals surface area contributed by atoms with Gasteiger partial charge in [0.1, 0.15) is 60.4 Å². The van der Waals surface area contributed by atoms with Crippen molar-refractivity contribution in [3.63, 3.8) is 0 Å². The highest BCUT2D eigenvalue weighted by atomic mass is 16.3. The molecular formula is C55H96N16O13. The number of carbonyl (C=O) groups is 11. The fourth-order valence-corrected chi connectivity index (χ4v) is 9.03. The van der Waals surface area contributed by atoms with E-state index in [0.29, 0.717) is 12.0 Å². The Morgan fingerprint density at radius 3 is 1.56 bits per heavy atom. The summed E-state index contributed by atoms with van der Waals surface area (Å²) in [5.41, 5.74) is 29.9. The molecule has 1 fully saturated rings. The van der Waals surface area contributed by atoms with Crippen LogP contribution < -0.4 is 87.2 Å². The van der Waals surface area contributed by atoms with E-state index in [1.54, 1.807) is 44.2 Å². The van der Waals surface area contributed by atoms with Gasteiger partial charge in [-0.3, -0.25) is 52.7 Å². The molecule has 0 saturated carbocycles. The molecule has 474 valence electrons. The number of hydrogen-bond donors (Lipinski definition) is 18. The van der Waals surface area contributed by atoms with Gasteiger partial charge in [-0.05, 0) is 109 Å². The third kappa shape index (κ3) is 26.4. The molecule has 0 aliphatic carbocycles. The summed E-state index contributed by atoms with van der Waals surface area (Å²) in [7, 11) is 0. The normalized spacial score (nSPS) is 22.6. The molecular weight excluding hydrogens is 1090 g/mol. The van der Waals surface area contributed by atoms with E-state index < -0.39 is 151 Å². The maximum atomic E-state index is 14.5. The minimum Gasteiger partial charge on any atom is -0.391 e. The van der Waals surface area contributed by atoms with Gasteiger partial charge in [-0.2, -0.15) is 0 Å². The molecule has 23 N–H and O–H groups in total. The van der Waals surface area contributed by atoms with Crippen LogP contribution in [0, 0.1) is 5.92 Å². The summed E-state index contributed by atoms with van der Waals surface area (Å²) in [5, 5.41) is 49.6. The Balaban J connectivity index is 2.68. The molecule has 0 radical (unpaired) electrons. The average Bonchev–Trinajstić information content (AvgIpc) is 3.44. The molecule has 1 aliphatic heterocycles. The lowest BCUT2D eigenvalue weighted by atomic mass is 10.00. The highest BCUT2D eigenvalue weighted by molar-refractivity contribution is 5.99. The van der Waals surface area contributed by atoms with Gasteiger partial charge in [-0.15, -0.1) is 0 Å². The van der Waals surface area contributed by atoms with Crippen molar-refractivity contribution in [3.8, 4) is 0 Å². The van der Waals surface area contributed by atoms with E-state index in [4.69, 9.17) is 28.7 Å². The lowest BCUT2D eigenvalue weighted by Gasteiger charge is -2.29. The minimum atomic E-state index is -1.70. The molecule has 1 heterocycles. The quantitative estimate of drug-likeness (QED) is 0.0333. The molecule has 2 rings (SSSR count). The Morgan fingerprint density at radius 1 is 0.560 bits per heavy atom. The van der Waals surface area contributed by atoms with Crippen molar-refractivity contribution < 1.29 is 63.0 Å². The maximum Gasteiger partial charge on any atom is 0.245 e. The summed E-state index contributed by atoms with van der Waals surface area (Å²) in [6.45, 7) is 6.87. The van der Waals surface area contributed by atoms with E-state index in [0.717, 1.165) is 25.7 Å². The van der Waals surface area contributed by atoms with Crippen molar-refractivity contribution in [2.45, 2.75) is 197 Å². The lowest BCUT2D eigenvalue weighted by Crippen LogP contribution is -2.62. The highest BCUT2D eigenvalue weighted by Gasteiger charge is 2.37. The summed E-state index contributed by atoms with van der Waals surface area (Å²) in [6, 6.07) is -6.22. The number of aliphatic hydroxyl groups is 2. The molecule has 0 bridgehead atoms. The first kappa shape index (κ1) is 73.2. The Morgan fingerprint density at radius 2 is 1.05 bits per heavy atom. The number of carbonyl (C=O) groups excluding carboxylic acids is 11. The topological polar surface area (TPSA) is 491 Å². The average molecular weight is 1190 g/mol. The van der Waals surface area contributed by atoms with Gasteiger partial charge in [-0.1, -0.05) is 76.8 Å². The fraction of sp³-hybridized carbons (Fsp3) is 0.691. The number of rotatable bonds is 29. The zero-order valence-electron chi connectivity index (χ0n) is 49.3. The van der Waals surface area contributed by atoms with Crippen molar-refractivity contribution in [1.82, 2.24) is 58.5 Å². The maximum absolute atomic E-state index is 14.5. The molecule has 0 spiro atoms. The number of nitrogens with two attached hydrogens (primary N) is 5. The van der Waals surface area contributed by atoms with E-state index >= 15 is 0 Å². The zero-order valence-corrected chi connectivity index (χ0v) is 49.3. The predicted molar refractivity (Wildman–Crippen MR) is 312 cm³/mol. The van der Waals surface area contributed by atoms with Crippen molar-refractivity contribution in [2.24, 2.45) is 34.6 Å². The van der Waals surface area contributed by atoms with Gasteiger partial charge in [-0.25, -0.2) is 0 Å². The second kappa shape index (κ2) is 39.6. The summed E-state index contributed by atoms with van der Waals surface area (Å²) >= 11 is 0. The number of benzene rings is 1. The molecule has 11 amide bonds. The number of amides is 11. The number of aliphatic hydroxyl groups excluding tert-OH is 2. The van der Waals surface area contributed by atoms with Crippen LogP contribution in [0.15, 0.2) is 30.3 Å². The van der Waals surface area contributed by atoms with Crippen LogP contribution in [0.3, 0.4) is 0 Å². The highest BCUT2D eigenvalue weighted by Crippen LogP contribution is 2.12. The van der Waals surface area contributed by atoms with Crippen molar-refractivity contribution in [1.29, 1.82) is 0 Å². The lowest BCUT2D eigenvalue weighted by molar-refractivity contribution is -0.137. The second-order valence-corrected chi connectivity index (χ2v) is 21.5. The van der Waals surface area contributed by atoms with Crippen LogP contribution in [0.4, 0.5) is 0 Å². The Bertz CT molecular complexity index is 2280. The largest absolute Gasteiger partial charge is 0.391 e. The van der Waals surface area contributed by atoms with Gasteiger partial charge in [0.2, 0.25) is 65.0 Å². The molecule has 0 aromatic heterocycles. The van der Waals surface area contributed by atoms with Crippen LogP contribution in [-0.2, 0) is 59.2 Å². The number of hydrogen-bond acceptors (Lipinski definition) is 18. The van der Waals surface area contributed by atoms with Crippen LogP contribution in [0.5, 0.6) is 0 Å². The molecule has 1 aliphatic rings. The summed E-state index contributed by atoms with van der Waals surface area (Å²) in [6.07, 6.45) is 0.0313. The van der Waals surface area contributed by atoms with Gasteiger partial charge in [0.05, 0.1) is 12.2 Å². The van der Waals surface area contributed by atoms with Gasteiger partial charge in [0.15, 0.2) is 0 Å². The number of unbranched alkanes of at least 4 members (excludes halogenated alkanes) is 4. The standard InChI is InChI=1S/C55H96N16O13/c1-6-7-8-9-13-16-43(74)62-35(17-23-56)50(79)71-45(33(5)73)55(84)67-38(20-26-59)47(76)66-40-22-28-61-54(83)44(32(4)72)70-51(80)39(21-27-60)64-46(75)36(18-24-57)65-52(81)41(29-31(2)3)68-53(82)42(30-34-14-11-10-12-15-34)69-48(77)37(19-25-58)63-49(40)78/h10-12,14-15,31-33,35-42,44-45,72-73H,6-9,13,16-30,56-60H2,1-5H3,(H,61,83)(H,62,74)(H,63,78)(H,64,75)(H,65,81)(H,66,76)(H,67,84)(H,68,82)(H,69,77)(H,70,80)(H,71,79)/t32-,33-,35+,36+,37+,38+,39+,40+,41+,42-,44+,45+/m1/s1. The third-order valence-corrected chi connectivity index (χ3v) is 13.7. The summed E-state index contributed by atoms with van der Waals surface area (Å²) in [5.74, 6) is -9.94. The van der Waals surface area contributed by atoms with Crippen LogP contribution in [0.1, 0.15) is 124 Å².